The largest absolute Gasteiger partial charge is 0.494 e. The number of para-hydroxylation sites is 1. The fraction of sp³-hybridized carbons (Fsp3) is 0.296. The van der Waals surface area contributed by atoms with Crippen molar-refractivity contribution in [3.8, 4) is 11.8 Å². The van der Waals surface area contributed by atoms with E-state index in [9.17, 15) is 14.9 Å². The van der Waals surface area contributed by atoms with Gasteiger partial charge in [0.25, 0.3) is 0 Å². The second-order valence-electron chi connectivity index (χ2n) is 8.26. The third-order valence-corrected chi connectivity index (χ3v) is 6.89. The number of anilines is 1. The summed E-state index contributed by atoms with van der Waals surface area (Å²) in [7, 11) is 0. The molecule has 4 rings (SSSR count). The normalized spacial score (nSPS) is 17.6. The molecule has 2 aromatic carbocycles. The maximum absolute atomic E-state index is 13.0. The lowest BCUT2D eigenvalue weighted by molar-refractivity contribution is -0.116. The first-order valence-electron chi connectivity index (χ1n) is 11.4. The third-order valence-electron chi connectivity index (χ3n) is 5.88. The van der Waals surface area contributed by atoms with Gasteiger partial charge in [-0.2, -0.15) is 5.26 Å². The van der Waals surface area contributed by atoms with Gasteiger partial charge >= 0.3 is 0 Å². The molecule has 1 aliphatic heterocycles. The van der Waals surface area contributed by atoms with Gasteiger partial charge in [0.1, 0.15) is 5.75 Å². The minimum absolute atomic E-state index is 0.0546. The van der Waals surface area contributed by atoms with E-state index in [1.807, 2.05) is 62.4 Å². The van der Waals surface area contributed by atoms with Crippen LogP contribution in [-0.4, -0.2) is 24.1 Å². The molecule has 0 saturated heterocycles. The number of aryl methyl sites for hydroxylation is 1. The van der Waals surface area contributed by atoms with Gasteiger partial charge < -0.3 is 15.4 Å². The van der Waals surface area contributed by atoms with E-state index in [0.717, 1.165) is 35.4 Å². The summed E-state index contributed by atoms with van der Waals surface area (Å²) in [6.07, 6.45) is 1.96. The monoisotopic (exact) mass is 473 g/mol. The summed E-state index contributed by atoms with van der Waals surface area (Å²) in [5, 5.41) is 17.0. The van der Waals surface area contributed by atoms with Crippen molar-refractivity contribution in [2.75, 3.05) is 17.7 Å². The van der Waals surface area contributed by atoms with Crippen LogP contribution in [0, 0.1) is 18.3 Å². The standard InChI is InChI=1S/C27H27N3O3S/c1-3-33-23-10-5-4-7-19(23)25-20(15-28)27(30-21-8-6-9-22(31)26(21)25)34-16-24(32)29-18-13-11-17(2)12-14-18/h4-5,7,10-14,25,30H,3,6,8-9,16H2,1-2H3,(H,29,32)/t25-/m0/s1. The fourth-order valence-electron chi connectivity index (χ4n) is 4.33. The molecule has 2 N–H and O–H groups in total. The molecule has 1 aliphatic carbocycles. The molecular formula is C27H27N3O3S. The van der Waals surface area contributed by atoms with Crippen molar-refractivity contribution in [1.82, 2.24) is 5.32 Å². The highest BCUT2D eigenvalue weighted by Gasteiger charge is 2.38. The van der Waals surface area contributed by atoms with E-state index in [-0.39, 0.29) is 17.4 Å². The molecule has 2 aliphatic rings. The zero-order valence-corrected chi connectivity index (χ0v) is 20.1. The zero-order chi connectivity index (χ0) is 24.1. The summed E-state index contributed by atoms with van der Waals surface area (Å²) in [6, 6.07) is 17.5. The molecule has 0 saturated carbocycles. The number of rotatable bonds is 7. The molecule has 6 nitrogen and oxygen atoms in total. The van der Waals surface area contributed by atoms with E-state index in [2.05, 4.69) is 16.7 Å². The molecule has 0 spiro atoms. The van der Waals surface area contributed by atoms with Crippen LogP contribution in [0.1, 0.15) is 43.2 Å². The van der Waals surface area contributed by atoms with Gasteiger partial charge in [-0.3, -0.25) is 9.59 Å². The number of allylic oxidation sites excluding steroid dienone is 3. The Morgan fingerprint density at radius 3 is 2.71 bits per heavy atom. The molecule has 0 aromatic heterocycles. The number of nitriles is 1. The Kier molecular flexibility index (Phi) is 7.39. The molecule has 0 radical (unpaired) electrons. The minimum atomic E-state index is -0.514. The maximum Gasteiger partial charge on any atom is 0.234 e. The summed E-state index contributed by atoms with van der Waals surface area (Å²) < 4.78 is 5.85. The number of carbonyl (C=O) groups excluding carboxylic acids is 2. The van der Waals surface area contributed by atoms with E-state index >= 15 is 0 Å². The van der Waals surface area contributed by atoms with Crippen molar-refractivity contribution in [3.63, 3.8) is 0 Å². The Balaban J connectivity index is 1.65. The van der Waals surface area contributed by atoms with Gasteiger partial charge in [-0.05, 0) is 44.9 Å². The molecule has 1 amide bonds. The van der Waals surface area contributed by atoms with Crippen LogP contribution in [0.2, 0.25) is 0 Å². The van der Waals surface area contributed by atoms with Crippen LogP contribution < -0.4 is 15.4 Å². The van der Waals surface area contributed by atoms with Crippen LogP contribution in [-0.2, 0) is 9.59 Å². The Morgan fingerprint density at radius 1 is 1.21 bits per heavy atom. The van der Waals surface area contributed by atoms with Gasteiger partial charge in [-0.15, -0.1) is 0 Å². The van der Waals surface area contributed by atoms with E-state index in [1.165, 1.54) is 11.8 Å². The summed E-state index contributed by atoms with van der Waals surface area (Å²) in [4.78, 5) is 25.6. The molecule has 1 heterocycles. The van der Waals surface area contributed by atoms with Gasteiger partial charge in [-0.25, -0.2) is 0 Å². The van der Waals surface area contributed by atoms with Crippen molar-refractivity contribution < 1.29 is 14.3 Å². The smallest absolute Gasteiger partial charge is 0.234 e. The number of dihydropyridines is 1. The highest BCUT2D eigenvalue weighted by molar-refractivity contribution is 8.03. The maximum atomic E-state index is 13.0. The van der Waals surface area contributed by atoms with Crippen molar-refractivity contribution in [3.05, 3.63) is 81.5 Å². The van der Waals surface area contributed by atoms with Crippen LogP contribution in [0.15, 0.2) is 70.4 Å². The molecule has 2 aromatic rings. The molecule has 174 valence electrons. The van der Waals surface area contributed by atoms with Gasteiger partial charge in [0, 0.05) is 28.9 Å². The fourth-order valence-corrected chi connectivity index (χ4v) is 5.19. The summed E-state index contributed by atoms with van der Waals surface area (Å²) in [6.45, 7) is 4.38. The number of Topliss-reactive ketones (excluding diaryl/α,β-unsaturated/α-hetero) is 1. The lowest BCUT2D eigenvalue weighted by Gasteiger charge is -2.33. The minimum Gasteiger partial charge on any atom is -0.494 e. The topological polar surface area (TPSA) is 91.2 Å². The number of hydrogen-bond acceptors (Lipinski definition) is 6. The Labute approximate surface area is 204 Å². The van der Waals surface area contributed by atoms with Crippen LogP contribution in [0.3, 0.4) is 0 Å². The molecular weight excluding hydrogens is 446 g/mol. The lowest BCUT2D eigenvalue weighted by atomic mass is 9.76. The average Bonchev–Trinajstić information content (AvgIpc) is 2.84. The average molecular weight is 474 g/mol. The number of nitrogens with zero attached hydrogens (tertiary/aromatic N) is 1. The summed E-state index contributed by atoms with van der Waals surface area (Å²) in [5.41, 5.74) is 4.57. The second-order valence-corrected chi connectivity index (χ2v) is 9.24. The molecule has 7 heteroatoms. The quantitative estimate of drug-likeness (QED) is 0.575. The number of hydrogen-bond donors (Lipinski definition) is 2. The predicted molar refractivity (Wildman–Crippen MR) is 134 cm³/mol. The first-order chi connectivity index (χ1) is 16.5. The van der Waals surface area contributed by atoms with E-state index in [1.54, 1.807) is 0 Å². The van der Waals surface area contributed by atoms with E-state index in [0.29, 0.717) is 35.0 Å². The Bertz CT molecular complexity index is 1210. The second kappa shape index (κ2) is 10.6. The first kappa shape index (κ1) is 23.7. The van der Waals surface area contributed by atoms with Crippen molar-refractivity contribution in [2.24, 2.45) is 0 Å². The van der Waals surface area contributed by atoms with Gasteiger partial charge in [0.05, 0.1) is 34.9 Å². The van der Waals surface area contributed by atoms with E-state index < -0.39 is 5.92 Å². The number of amides is 1. The molecule has 1 atom stereocenters. The molecule has 0 fully saturated rings. The highest BCUT2D eigenvalue weighted by Crippen LogP contribution is 2.46. The SMILES string of the molecule is CCOc1ccccc1[C@H]1C(C#N)=C(SCC(=O)Nc2ccc(C)cc2)NC2=C1C(=O)CCC2. The first-order valence-corrected chi connectivity index (χ1v) is 12.4. The Morgan fingerprint density at radius 2 is 1.97 bits per heavy atom. The van der Waals surface area contributed by atoms with Crippen molar-refractivity contribution >= 4 is 29.1 Å². The number of nitrogens with one attached hydrogen (secondary N) is 2. The van der Waals surface area contributed by atoms with Gasteiger partial charge in [-0.1, -0.05) is 47.7 Å². The van der Waals surface area contributed by atoms with Crippen molar-refractivity contribution in [1.29, 1.82) is 5.26 Å². The number of carbonyl (C=O) groups is 2. The van der Waals surface area contributed by atoms with Crippen LogP contribution >= 0.6 is 11.8 Å². The number of ether oxygens (including phenoxy) is 1. The number of benzene rings is 2. The van der Waals surface area contributed by atoms with Gasteiger partial charge in [0.2, 0.25) is 5.91 Å². The predicted octanol–water partition coefficient (Wildman–Crippen LogP) is 5.19. The number of ketones is 1. The summed E-state index contributed by atoms with van der Waals surface area (Å²) in [5.74, 6) is 0.179. The third kappa shape index (κ3) is 5.02. The lowest BCUT2D eigenvalue weighted by Crippen LogP contribution is -2.32. The highest BCUT2D eigenvalue weighted by atomic mass is 32.2. The van der Waals surface area contributed by atoms with Crippen LogP contribution in [0.4, 0.5) is 5.69 Å². The van der Waals surface area contributed by atoms with Gasteiger partial charge in [0.15, 0.2) is 5.78 Å². The number of thioether (sulfide) groups is 1. The van der Waals surface area contributed by atoms with Crippen LogP contribution in [0.25, 0.3) is 0 Å². The molecule has 34 heavy (non-hydrogen) atoms. The Hall–Kier alpha value is -3.50. The molecule has 0 unspecified atom stereocenters. The van der Waals surface area contributed by atoms with Crippen molar-refractivity contribution in [2.45, 2.75) is 39.0 Å². The zero-order valence-electron chi connectivity index (χ0n) is 19.3. The van der Waals surface area contributed by atoms with Crippen LogP contribution in [0.5, 0.6) is 5.75 Å². The van der Waals surface area contributed by atoms with E-state index in [4.69, 9.17) is 4.74 Å². The summed E-state index contributed by atoms with van der Waals surface area (Å²) >= 11 is 1.28. The molecule has 0 bridgehead atoms.